The molecule has 2 aromatic rings. The molecule has 0 aliphatic rings. The van der Waals surface area contributed by atoms with Crippen LogP contribution in [0.4, 0.5) is 0 Å². The van der Waals surface area contributed by atoms with Crippen LogP contribution in [0.2, 0.25) is 0 Å². The molecule has 0 atom stereocenters. The third-order valence-electron chi connectivity index (χ3n) is 2.57. The van der Waals surface area contributed by atoms with Gasteiger partial charge >= 0.3 is 0 Å². The zero-order valence-electron chi connectivity index (χ0n) is 9.75. The van der Waals surface area contributed by atoms with E-state index in [0.29, 0.717) is 6.54 Å². The molecular formula is C13H17N3O. The molecular weight excluding hydrogens is 214 g/mol. The predicted molar refractivity (Wildman–Crippen MR) is 66.1 cm³/mol. The summed E-state index contributed by atoms with van der Waals surface area (Å²) in [6.07, 6.45) is 1.67. The van der Waals surface area contributed by atoms with Gasteiger partial charge in [-0.1, -0.05) is 35.5 Å². The molecule has 90 valence electrons. The van der Waals surface area contributed by atoms with Crippen molar-refractivity contribution >= 4 is 0 Å². The standard InChI is InChI=1S/C13H17N3O/c14-7-9-16(11-13-6-8-15-17-13)10-12-4-2-1-3-5-12/h1-6,8H,7,9-11,14H2. The van der Waals surface area contributed by atoms with Crippen molar-refractivity contribution in [1.82, 2.24) is 10.1 Å². The SMILES string of the molecule is NCCN(Cc1ccccc1)Cc1ccno1. The van der Waals surface area contributed by atoms with Gasteiger partial charge in [-0.15, -0.1) is 0 Å². The fraction of sp³-hybridized carbons (Fsp3) is 0.308. The lowest BCUT2D eigenvalue weighted by Crippen LogP contribution is -2.28. The highest BCUT2D eigenvalue weighted by Crippen LogP contribution is 2.08. The molecule has 1 aromatic heterocycles. The maximum Gasteiger partial charge on any atom is 0.150 e. The molecule has 0 radical (unpaired) electrons. The summed E-state index contributed by atoms with van der Waals surface area (Å²) in [5.74, 6) is 0.870. The normalized spacial score (nSPS) is 10.9. The van der Waals surface area contributed by atoms with Crippen molar-refractivity contribution < 1.29 is 4.52 Å². The van der Waals surface area contributed by atoms with Crippen LogP contribution in [0.1, 0.15) is 11.3 Å². The van der Waals surface area contributed by atoms with Gasteiger partial charge in [-0.3, -0.25) is 4.90 Å². The minimum atomic E-state index is 0.640. The summed E-state index contributed by atoms with van der Waals surface area (Å²) in [7, 11) is 0. The largest absolute Gasteiger partial charge is 0.360 e. The third-order valence-corrected chi connectivity index (χ3v) is 2.57. The van der Waals surface area contributed by atoms with Crippen LogP contribution in [0.25, 0.3) is 0 Å². The van der Waals surface area contributed by atoms with Crippen LogP contribution in [0.3, 0.4) is 0 Å². The molecule has 0 bridgehead atoms. The van der Waals surface area contributed by atoms with Crippen molar-refractivity contribution in [2.24, 2.45) is 5.73 Å². The van der Waals surface area contributed by atoms with Crippen LogP contribution in [0.15, 0.2) is 47.1 Å². The number of nitrogens with zero attached hydrogens (tertiary/aromatic N) is 2. The summed E-state index contributed by atoms with van der Waals surface area (Å²) in [6.45, 7) is 3.10. The third kappa shape index (κ3) is 3.69. The van der Waals surface area contributed by atoms with Gasteiger partial charge in [0.05, 0.1) is 12.7 Å². The van der Waals surface area contributed by atoms with Crippen molar-refractivity contribution in [3.63, 3.8) is 0 Å². The van der Waals surface area contributed by atoms with Gasteiger partial charge in [-0.25, -0.2) is 0 Å². The molecule has 4 nitrogen and oxygen atoms in total. The topological polar surface area (TPSA) is 55.3 Å². The van der Waals surface area contributed by atoms with Crippen LogP contribution in [-0.4, -0.2) is 23.1 Å². The lowest BCUT2D eigenvalue weighted by atomic mass is 10.2. The van der Waals surface area contributed by atoms with Gasteiger partial charge in [-0.2, -0.15) is 0 Å². The fourth-order valence-corrected chi connectivity index (χ4v) is 1.78. The molecule has 1 heterocycles. The zero-order chi connectivity index (χ0) is 11.9. The maximum atomic E-state index is 5.62. The molecule has 0 amide bonds. The van der Waals surface area contributed by atoms with Crippen LogP contribution < -0.4 is 5.73 Å². The highest BCUT2D eigenvalue weighted by atomic mass is 16.5. The molecule has 0 aliphatic carbocycles. The molecule has 2 rings (SSSR count). The Labute approximate surface area is 101 Å². The second kappa shape index (κ2) is 6.18. The Kier molecular flexibility index (Phi) is 4.30. The fourth-order valence-electron chi connectivity index (χ4n) is 1.78. The van der Waals surface area contributed by atoms with E-state index in [1.165, 1.54) is 5.56 Å². The monoisotopic (exact) mass is 231 g/mol. The van der Waals surface area contributed by atoms with Crippen LogP contribution in [-0.2, 0) is 13.1 Å². The van der Waals surface area contributed by atoms with Crippen LogP contribution >= 0.6 is 0 Å². The molecule has 1 aromatic carbocycles. The van der Waals surface area contributed by atoms with E-state index in [-0.39, 0.29) is 0 Å². The zero-order valence-corrected chi connectivity index (χ0v) is 9.75. The van der Waals surface area contributed by atoms with Gasteiger partial charge in [0.25, 0.3) is 0 Å². The Morgan fingerprint density at radius 3 is 2.59 bits per heavy atom. The second-order valence-corrected chi connectivity index (χ2v) is 3.96. The van der Waals surface area contributed by atoms with E-state index in [2.05, 4.69) is 22.2 Å². The van der Waals surface area contributed by atoms with Crippen molar-refractivity contribution in [2.75, 3.05) is 13.1 Å². The molecule has 0 unspecified atom stereocenters. The quantitative estimate of drug-likeness (QED) is 0.821. The van der Waals surface area contributed by atoms with Crippen LogP contribution in [0.5, 0.6) is 0 Å². The Morgan fingerprint density at radius 1 is 1.12 bits per heavy atom. The first-order chi connectivity index (χ1) is 8.38. The first-order valence-electron chi connectivity index (χ1n) is 5.74. The molecule has 2 N–H and O–H groups in total. The molecule has 0 saturated heterocycles. The lowest BCUT2D eigenvalue weighted by Gasteiger charge is -2.19. The van der Waals surface area contributed by atoms with Crippen molar-refractivity contribution in [1.29, 1.82) is 0 Å². The summed E-state index contributed by atoms with van der Waals surface area (Å²) < 4.78 is 5.12. The molecule has 0 fully saturated rings. The molecule has 4 heteroatoms. The Morgan fingerprint density at radius 2 is 1.94 bits per heavy atom. The summed E-state index contributed by atoms with van der Waals surface area (Å²) >= 11 is 0. The van der Waals surface area contributed by atoms with Crippen molar-refractivity contribution in [3.8, 4) is 0 Å². The average Bonchev–Trinajstić information content (AvgIpc) is 2.83. The minimum absolute atomic E-state index is 0.640. The number of aromatic nitrogens is 1. The Bertz CT molecular complexity index is 413. The van der Waals surface area contributed by atoms with Gasteiger partial charge in [0, 0.05) is 25.7 Å². The van der Waals surface area contributed by atoms with Gasteiger partial charge in [-0.05, 0) is 5.56 Å². The van der Waals surface area contributed by atoms with E-state index in [0.717, 1.165) is 25.4 Å². The molecule has 0 saturated carbocycles. The van der Waals surface area contributed by atoms with E-state index < -0.39 is 0 Å². The van der Waals surface area contributed by atoms with E-state index >= 15 is 0 Å². The van der Waals surface area contributed by atoms with Gasteiger partial charge in [0.15, 0.2) is 5.76 Å². The molecule has 0 spiro atoms. The van der Waals surface area contributed by atoms with E-state index in [4.69, 9.17) is 10.3 Å². The Hall–Kier alpha value is -1.65. The highest BCUT2D eigenvalue weighted by Gasteiger charge is 2.08. The summed E-state index contributed by atoms with van der Waals surface area (Å²) in [5, 5.41) is 3.71. The van der Waals surface area contributed by atoms with E-state index in [9.17, 15) is 0 Å². The number of benzene rings is 1. The van der Waals surface area contributed by atoms with Gasteiger partial charge < -0.3 is 10.3 Å². The first kappa shape index (κ1) is 11.8. The molecule has 0 aliphatic heterocycles. The van der Waals surface area contributed by atoms with E-state index in [1.807, 2.05) is 24.3 Å². The van der Waals surface area contributed by atoms with Crippen molar-refractivity contribution in [2.45, 2.75) is 13.1 Å². The summed E-state index contributed by atoms with van der Waals surface area (Å²) in [4.78, 5) is 2.25. The number of rotatable bonds is 6. The summed E-state index contributed by atoms with van der Waals surface area (Å²) in [6, 6.07) is 12.2. The lowest BCUT2D eigenvalue weighted by molar-refractivity contribution is 0.229. The van der Waals surface area contributed by atoms with Crippen LogP contribution in [0, 0.1) is 0 Å². The van der Waals surface area contributed by atoms with Gasteiger partial charge in [0.1, 0.15) is 0 Å². The number of hydrogen-bond acceptors (Lipinski definition) is 4. The maximum absolute atomic E-state index is 5.62. The first-order valence-corrected chi connectivity index (χ1v) is 5.74. The second-order valence-electron chi connectivity index (χ2n) is 3.96. The van der Waals surface area contributed by atoms with Crippen molar-refractivity contribution in [3.05, 3.63) is 53.9 Å². The predicted octanol–water partition coefficient (Wildman–Crippen LogP) is 1.64. The highest BCUT2D eigenvalue weighted by molar-refractivity contribution is 5.14. The smallest absolute Gasteiger partial charge is 0.150 e. The summed E-state index contributed by atoms with van der Waals surface area (Å²) in [5.41, 5.74) is 6.90. The average molecular weight is 231 g/mol. The Balaban J connectivity index is 1.97. The minimum Gasteiger partial charge on any atom is -0.360 e. The number of nitrogens with two attached hydrogens (primary N) is 1. The van der Waals surface area contributed by atoms with Gasteiger partial charge in [0.2, 0.25) is 0 Å². The van der Waals surface area contributed by atoms with E-state index in [1.54, 1.807) is 6.20 Å². The number of hydrogen-bond donors (Lipinski definition) is 1. The molecule has 17 heavy (non-hydrogen) atoms.